The zero-order valence-corrected chi connectivity index (χ0v) is 7.54. The average Bonchev–Trinajstić information content (AvgIpc) is 2.58. The number of H-pyrrole nitrogens is 1. The van der Waals surface area contributed by atoms with Gasteiger partial charge in [0.05, 0.1) is 0 Å². The van der Waals surface area contributed by atoms with Crippen molar-refractivity contribution in [3.63, 3.8) is 0 Å². The Bertz CT molecular complexity index is 471. The summed E-state index contributed by atoms with van der Waals surface area (Å²) in [4.78, 5) is 3.21. The molecule has 0 fully saturated rings. The van der Waals surface area contributed by atoms with Gasteiger partial charge in [-0.2, -0.15) is 0 Å². The van der Waals surface area contributed by atoms with Crippen molar-refractivity contribution in [2.24, 2.45) is 0 Å². The number of hydrogen-bond donors (Lipinski definition) is 1. The van der Waals surface area contributed by atoms with Crippen LogP contribution in [-0.4, -0.2) is 4.98 Å². The first-order chi connectivity index (χ1) is 6.42. The number of fused-ring (bicyclic) bond motifs is 1. The molecule has 0 saturated heterocycles. The van der Waals surface area contributed by atoms with Crippen LogP contribution in [0.2, 0.25) is 0 Å². The third-order valence-electron chi connectivity index (χ3n) is 2.03. The summed E-state index contributed by atoms with van der Waals surface area (Å²) in [5.74, 6) is 0. The lowest BCUT2D eigenvalue weighted by Gasteiger charge is -1.88. The van der Waals surface area contributed by atoms with Crippen LogP contribution < -0.4 is 0 Å². The Kier molecular flexibility index (Phi) is 2.03. The Morgan fingerprint density at radius 3 is 3.00 bits per heavy atom. The van der Waals surface area contributed by atoms with Crippen molar-refractivity contribution in [2.75, 3.05) is 0 Å². The summed E-state index contributed by atoms with van der Waals surface area (Å²) < 4.78 is 0. The molecule has 0 radical (unpaired) electrons. The van der Waals surface area contributed by atoms with Crippen LogP contribution in [0.1, 0.15) is 12.5 Å². The number of benzene rings is 1. The molecule has 2 aromatic rings. The molecule has 64 valence electrons. The standard InChI is InChI=1S/C12H11N/c1-2-3-6-10-9-13-12-8-5-4-7-11(10)12/h2,4-9,13H,1H3. The van der Waals surface area contributed by atoms with Gasteiger partial charge in [-0.25, -0.2) is 0 Å². The smallest absolute Gasteiger partial charge is 0.0460 e. The molecule has 0 aliphatic heterocycles. The van der Waals surface area contributed by atoms with Gasteiger partial charge in [0.15, 0.2) is 0 Å². The van der Waals surface area contributed by atoms with Crippen LogP contribution in [-0.2, 0) is 0 Å². The fourth-order valence-electron chi connectivity index (χ4n) is 1.39. The molecule has 0 spiro atoms. The molecule has 2 rings (SSSR count). The maximum absolute atomic E-state index is 3.21. The molecule has 0 unspecified atom stereocenters. The molecule has 0 saturated carbocycles. The second kappa shape index (κ2) is 3.34. The third kappa shape index (κ3) is 1.42. The molecule has 0 atom stereocenters. The van der Waals surface area contributed by atoms with E-state index in [1.165, 1.54) is 16.5 Å². The number of nitrogens with one attached hydrogen (secondary N) is 1. The van der Waals surface area contributed by atoms with Crippen LogP contribution in [0.5, 0.6) is 0 Å². The molecule has 1 aromatic heterocycles. The summed E-state index contributed by atoms with van der Waals surface area (Å²) in [6.07, 6.45) is 5.89. The predicted octanol–water partition coefficient (Wildman–Crippen LogP) is 3.36. The Hall–Kier alpha value is -1.72. The minimum Gasteiger partial charge on any atom is -0.361 e. The van der Waals surface area contributed by atoms with Gasteiger partial charge in [0.1, 0.15) is 0 Å². The maximum Gasteiger partial charge on any atom is 0.0460 e. The molecular weight excluding hydrogens is 158 g/mol. The number of para-hydroxylation sites is 1. The van der Waals surface area contributed by atoms with Crippen molar-refractivity contribution in [1.82, 2.24) is 4.98 Å². The summed E-state index contributed by atoms with van der Waals surface area (Å²) in [5.41, 5.74) is 5.43. The molecule has 1 heterocycles. The molecule has 0 amide bonds. The Labute approximate surface area is 77.4 Å². The molecule has 0 aliphatic carbocycles. The largest absolute Gasteiger partial charge is 0.361 e. The van der Waals surface area contributed by atoms with E-state index in [0.29, 0.717) is 0 Å². The average molecular weight is 169 g/mol. The van der Waals surface area contributed by atoms with Gasteiger partial charge in [0.2, 0.25) is 0 Å². The van der Waals surface area contributed by atoms with E-state index in [4.69, 9.17) is 0 Å². The van der Waals surface area contributed by atoms with E-state index in [-0.39, 0.29) is 0 Å². The molecule has 1 nitrogen and oxygen atoms in total. The molecule has 1 N–H and O–H groups in total. The highest BCUT2D eigenvalue weighted by Gasteiger charge is 1.97. The third-order valence-corrected chi connectivity index (χ3v) is 2.03. The second-order valence-corrected chi connectivity index (χ2v) is 2.89. The quantitative estimate of drug-likeness (QED) is 0.630. The monoisotopic (exact) mass is 169 g/mol. The van der Waals surface area contributed by atoms with E-state index in [0.717, 1.165) is 0 Å². The van der Waals surface area contributed by atoms with Gasteiger partial charge in [0.25, 0.3) is 0 Å². The summed E-state index contributed by atoms with van der Waals surface area (Å²) >= 11 is 0. The predicted molar refractivity (Wildman–Crippen MR) is 56.5 cm³/mol. The van der Waals surface area contributed by atoms with Crippen molar-refractivity contribution in [2.45, 2.75) is 6.92 Å². The van der Waals surface area contributed by atoms with Gasteiger partial charge in [-0.3, -0.25) is 0 Å². The van der Waals surface area contributed by atoms with Crippen LogP contribution >= 0.6 is 0 Å². The van der Waals surface area contributed by atoms with Gasteiger partial charge in [0, 0.05) is 22.7 Å². The maximum atomic E-state index is 3.21. The van der Waals surface area contributed by atoms with Crippen molar-refractivity contribution < 1.29 is 0 Å². The summed E-state index contributed by atoms with van der Waals surface area (Å²) in [6, 6.07) is 8.25. The highest BCUT2D eigenvalue weighted by Crippen LogP contribution is 2.18. The molecule has 0 aliphatic rings. The highest BCUT2D eigenvalue weighted by atomic mass is 14.7. The van der Waals surface area contributed by atoms with Crippen LogP contribution in [0.3, 0.4) is 0 Å². The second-order valence-electron chi connectivity index (χ2n) is 2.89. The van der Waals surface area contributed by atoms with Gasteiger partial charge < -0.3 is 4.98 Å². The molecule has 1 aromatic carbocycles. The fraction of sp³-hybridized carbons (Fsp3) is 0.0833. The SMILES string of the molecule is CC=C=Cc1c[nH]c2ccccc12. The van der Waals surface area contributed by atoms with Crippen LogP contribution in [0.25, 0.3) is 17.0 Å². The van der Waals surface area contributed by atoms with E-state index in [9.17, 15) is 0 Å². The van der Waals surface area contributed by atoms with Crippen molar-refractivity contribution >= 4 is 17.0 Å². The van der Waals surface area contributed by atoms with Crippen LogP contribution in [0, 0.1) is 0 Å². The van der Waals surface area contributed by atoms with Crippen molar-refractivity contribution in [1.29, 1.82) is 0 Å². The summed E-state index contributed by atoms with van der Waals surface area (Å²) in [5, 5.41) is 1.25. The van der Waals surface area contributed by atoms with Crippen molar-refractivity contribution in [3.05, 3.63) is 47.8 Å². The van der Waals surface area contributed by atoms with Gasteiger partial charge in [-0.15, -0.1) is 5.73 Å². The molecule has 0 bridgehead atoms. The Morgan fingerprint density at radius 1 is 1.31 bits per heavy atom. The molecular formula is C12H11N. The Morgan fingerprint density at radius 2 is 2.15 bits per heavy atom. The van der Waals surface area contributed by atoms with Gasteiger partial charge in [-0.1, -0.05) is 18.2 Å². The lowest BCUT2D eigenvalue weighted by atomic mass is 10.2. The molecule has 1 heteroatoms. The van der Waals surface area contributed by atoms with E-state index < -0.39 is 0 Å². The number of aromatic nitrogens is 1. The van der Waals surface area contributed by atoms with Crippen LogP contribution in [0.4, 0.5) is 0 Å². The number of hydrogen-bond acceptors (Lipinski definition) is 0. The molecule has 13 heavy (non-hydrogen) atoms. The van der Waals surface area contributed by atoms with Gasteiger partial charge >= 0.3 is 0 Å². The first kappa shape index (κ1) is 7.90. The first-order valence-corrected chi connectivity index (χ1v) is 4.35. The Balaban J connectivity index is 2.64. The summed E-state index contributed by atoms with van der Waals surface area (Å²) in [7, 11) is 0. The van der Waals surface area contributed by atoms with E-state index >= 15 is 0 Å². The highest BCUT2D eigenvalue weighted by molar-refractivity contribution is 5.88. The van der Waals surface area contributed by atoms with Gasteiger partial charge in [-0.05, 0) is 25.1 Å². The topological polar surface area (TPSA) is 15.8 Å². The van der Waals surface area contributed by atoms with E-state index in [1.54, 1.807) is 0 Å². The minimum atomic E-state index is 1.17. The van der Waals surface area contributed by atoms with E-state index in [1.807, 2.05) is 37.4 Å². The van der Waals surface area contributed by atoms with E-state index in [2.05, 4.69) is 22.8 Å². The normalized spacial score (nSPS) is 9.62. The lowest BCUT2D eigenvalue weighted by Crippen LogP contribution is -1.65. The summed E-state index contributed by atoms with van der Waals surface area (Å²) in [6.45, 7) is 1.96. The first-order valence-electron chi connectivity index (χ1n) is 4.35. The lowest BCUT2D eigenvalue weighted by molar-refractivity contribution is 1.47. The number of aromatic amines is 1. The zero-order chi connectivity index (χ0) is 9.10. The number of rotatable bonds is 1. The van der Waals surface area contributed by atoms with Crippen molar-refractivity contribution in [3.8, 4) is 0 Å². The minimum absolute atomic E-state index is 1.17. The van der Waals surface area contributed by atoms with Crippen LogP contribution in [0.15, 0.2) is 42.3 Å². The number of allylic oxidation sites excluding steroid dienone is 1. The fourth-order valence-corrected chi connectivity index (χ4v) is 1.39. The zero-order valence-electron chi connectivity index (χ0n) is 7.54.